The summed E-state index contributed by atoms with van der Waals surface area (Å²) in [7, 11) is 1.63. The topological polar surface area (TPSA) is 69.0 Å². The van der Waals surface area contributed by atoms with E-state index in [2.05, 4.69) is 15.5 Å². The van der Waals surface area contributed by atoms with Crippen LogP contribution in [-0.2, 0) is 11.3 Å². The number of nitrogens with one attached hydrogen (secondary N) is 1. The molecule has 1 amide bonds. The molecule has 0 aliphatic rings. The molecule has 0 aliphatic heterocycles. The van der Waals surface area contributed by atoms with Gasteiger partial charge in [-0.15, -0.1) is 10.2 Å². The molecular formula is C19H20N4O2S. The molecule has 1 aromatic heterocycles. The SMILES string of the molecule is COc1ccc(CNC(=O)CSc2nnc(C)n2-c2ccccc2)cc1. The molecule has 0 aliphatic carbocycles. The summed E-state index contributed by atoms with van der Waals surface area (Å²) in [6.45, 7) is 2.38. The minimum atomic E-state index is -0.0499. The average molecular weight is 368 g/mol. The molecule has 0 unspecified atom stereocenters. The average Bonchev–Trinajstić information content (AvgIpc) is 3.06. The van der Waals surface area contributed by atoms with Crippen molar-refractivity contribution < 1.29 is 9.53 Å². The molecule has 3 rings (SSSR count). The van der Waals surface area contributed by atoms with Crippen molar-refractivity contribution in [2.75, 3.05) is 12.9 Å². The fourth-order valence-electron chi connectivity index (χ4n) is 2.44. The van der Waals surface area contributed by atoms with Gasteiger partial charge in [-0.3, -0.25) is 9.36 Å². The summed E-state index contributed by atoms with van der Waals surface area (Å²) in [5, 5.41) is 11.9. The van der Waals surface area contributed by atoms with E-state index in [9.17, 15) is 4.79 Å². The Labute approximate surface area is 156 Å². The van der Waals surface area contributed by atoms with E-state index in [0.29, 0.717) is 11.7 Å². The lowest BCUT2D eigenvalue weighted by Crippen LogP contribution is -2.24. The van der Waals surface area contributed by atoms with Gasteiger partial charge in [-0.25, -0.2) is 0 Å². The van der Waals surface area contributed by atoms with Crippen LogP contribution in [0.5, 0.6) is 5.75 Å². The number of nitrogens with zero attached hydrogens (tertiary/aromatic N) is 3. The first-order valence-electron chi connectivity index (χ1n) is 8.17. The van der Waals surface area contributed by atoms with Crippen LogP contribution in [0.3, 0.4) is 0 Å². The lowest BCUT2D eigenvalue weighted by atomic mass is 10.2. The van der Waals surface area contributed by atoms with Gasteiger partial charge in [0.2, 0.25) is 5.91 Å². The Balaban J connectivity index is 1.56. The van der Waals surface area contributed by atoms with Gasteiger partial charge in [0.25, 0.3) is 0 Å². The fraction of sp³-hybridized carbons (Fsp3) is 0.211. The lowest BCUT2D eigenvalue weighted by molar-refractivity contribution is -0.118. The molecule has 134 valence electrons. The van der Waals surface area contributed by atoms with Gasteiger partial charge in [0, 0.05) is 12.2 Å². The van der Waals surface area contributed by atoms with E-state index in [1.54, 1.807) is 7.11 Å². The highest BCUT2D eigenvalue weighted by atomic mass is 32.2. The number of methoxy groups -OCH3 is 1. The third-order valence-electron chi connectivity index (χ3n) is 3.79. The van der Waals surface area contributed by atoms with E-state index in [1.165, 1.54) is 11.8 Å². The van der Waals surface area contributed by atoms with Gasteiger partial charge >= 0.3 is 0 Å². The summed E-state index contributed by atoms with van der Waals surface area (Å²) in [4.78, 5) is 12.2. The van der Waals surface area contributed by atoms with Crippen LogP contribution in [0.1, 0.15) is 11.4 Å². The molecule has 0 radical (unpaired) electrons. The molecule has 0 spiro atoms. The molecule has 26 heavy (non-hydrogen) atoms. The van der Waals surface area contributed by atoms with Crippen LogP contribution in [0.4, 0.5) is 0 Å². The Hall–Kier alpha value is -2.80. The lowest BCUT2D eigenvalue weighted by Gasteiger charge is -2.09. The number of carbonyl (C=O) groups is 1. The van der Waals surface area contributed by atoms with Crippen molar-refractivity contribution in [3.63, 3.8) is 0 Å². The summed E-state index contributed by atoms with van der Waals surface area (Å²) in [6.07, 6.45) is 0. The van der Waals surface area contributed by atoms with Gasteiger partial charge in [0.05, 0.1) is 12.9 Å². The number of aromatic nitrogens is 3. The summed E-state index contributed by atoms with van der Waals surface area (Å²) in [5.74, 6) is 1.82. The monoisotopic (exact) mass is 368 g/mol. The standard InChI is InChI=1S/C19H20N4O2S/c1-14-21-22-19(23(14)16-6-4-3-5-7-16)26-13-18(24)20-12-15-8-10-17(25-2)11-9-15/h3-11H,12-13H2,1-2H3,(H,20,24). The third kappa shape index (κ3) is 4.43. The maximum atomic E-state index is 12.2. The van der Waals surface area contributed by atoms with Crippen LogP contribution < -0.4 is 10.1 Å². The quantitative estimate of drug-likeness (QED) is 0.649. The predicted octanol–water partition coefficient (Wildman–Crippen LogP) is 2.99. The summed E-state index contributed by atoms with van der Waals surface area (Å²) in [5.41, 5.74) is 2.00. The number of hydrogen-bond donors (Lipinski definition) is 1. The van der Waals surface area contributed by atoms with Crippen molar-refractivity contribution in [1.29, 1.82) is 0 Å². The Morgan fingerprint density at radius 3 is 2.54 bits per heavy atom. The molecule has 3 aromatic rings. The van der Waals surface area contributed by atoms with Crippen molar-refractivity contribution >= 4 is 17.7 Å². The predicted molar refractivity (Wildman–Crippen MR) is 102 cm³/mol. The molecule has 0 bridgehead atoms. The zero-order valence-electron chi connectivity index (χ0n) is 14.7. The number of para-hydroxylation sites is 1. The van der Waals surface area contributed by atoms with Crippen LogP contribution in [0.25, 0.3) is 5.69 Å². The number of amides is 1. The second-order valence-electron chi connectivity index (χ2n) is 5.61. The van der Waals surface area contributed by atoms with E-state index in [0.717, 1.165) is 22.8 Å². The summed E-state index contributed by atoms with van der Waals surface area (Å²) < 4.78 is 7.07. The van der Waals surface area contributed by atoms with Gasteiger partial charge in [-0.1, -0.05) is 42.1 Å². The zero-order valence-corrected chi connectivity index (χ0v) is 15.5. The van der Waals surface area contributed by atoms with Crippen LogP contribution in [0, 0.1) is 6.92 Å². The molecule has 0 saturated heterocycles. The smallest absolute Gasteiger partial charge is 0.230 e. The Bertz CT molecular complexity index is 863. The van der Waals surface area contributed by atoms with Crippen molar-refractivity contribution in [1.82, 2.24) is 20.1 Å². The van der Waals surface area contributed by atoms with E-state index >= 15 is 0 Å². The summed E-state index contributed by atoms with van der Waals surface area (Å²) in [6, 6.07) is 17.5. The minimum absolute atomic E-state index is 0.0499. The molecule has 0 atom stereocenters. The first kappa shape index (κ1) is 18.0. The largest absolute Gasteiger partial charge is 0.497 e. The molecule has 7 heteroatoms. The molecule has 6 nitrogen and oxygen atoms in total. The molecule has 0 saturated carbocycles. The Morgan fingerprint density at radius 2 is 1.85 bits per heavy atom. The summed E-state index contributed by atoms with van der Waals surface area (Å²) >= 11 is 1.37. The highest BCUT2D eigenvalue weighted by molar-refractivity contribution is 7.99. The Morgan fingerprint density at radius 1 is 1.12 bits per heavy atom. The van der Waals surface area contributed by atoms with E-state index in [1.807, 2.05) is 66.1 Å². The second kappa shape index (κ2) is 8.53. The molecule has 0 fully saturated rings. The first-order valence-corrected chi connectivity index (χ1v) is 9.16. The maximum absolute atomic E-state index is 12.2. The van der Waals surface area contributed by atoms with Gasteiger partial charge in [0.1, 0.15) is 11.6 Å². The van der Waals surface area contributed by atoms with Crippen molar-refractivity contribution in [2.45, 2.75) is 18.6 Å². The van der Waals surface area contributed by atoms with Crippen molar-refractivity contribution in [2.24, 2.45) is 0 Å². The first-order chi connectivity index (χ1) is 12.7. The fourth-order valence-corrected chi connectivity index (χ4v) is 3.26. The highest BCUT2D eigenvalue weighted by Gasteiger charge is 2.13. The number of hydrogen-bond acceptors (Lipinski definition) is 5. The highest BCUT2D eigenvalue weighted by Crippen LogP contribution is 2.21. The van der Waals surface area contributed by atoms with Crippen molar-refractivity contribution in [3.05, 3.63) is 66.0 Å². The number of carbonyl (C=O) groups excluding carboxylic acids is 1. The Kier molecular flexibility index (Phi) is 5.91. The minimum Gasteiger partial charge on any atom is -0.497 e. The van der Waals surface area contributed by atoms with E-state index in [4.69, 9.17) is 4.74 Å². The van der Waals surface area contributed by atoms with Crippen LogP contribution in [-0.4, -0.2) is 33.5 Å². The number of benzene rings is 2. The van der Waals surface area contributed by atoms with Gasteiger partial charge < -0.3 is 10.1 Å². The van der Waals surface area contributed by atoms with Crippen LogP contribution >= 0.6 is 11.8 Å². The number of aryl methyl sites for hydroxylation is 1. The zero-order chi connectivity index (χ0) is 18.4. The van der Waals surface area contributed by atoms with Crippen LogP contribution in [0.15, 0.2) is 59.8 Å². The van der Waals surface area contributed by atoms with Gasteiger partial charge in [-0.2, -0.15) is 0 Å². The van der Waals surface area contributed by atoms with Crippen molar-refractivity contribution in [3.8, 4) is 11.4 Å². The van der Waals surface area contributed by atoms with E-state index in [-0.39, 0.29) is 11.7 Å². The van der Waals surface area contributed by atoms with Crippen LogP contribution in [0.2, 0.25) is 0 Å². The van der Waals surface area contributed by atoms with Gasteiger partial charge in [0.15, 0.2) is 5.16 Å². The number of thioether (sulfide) groups is 1. The molecule has 1 heterocycles. The second-order valence-corrected chi connectivity index (χ2v) is 6.56. The number of ether oxygens (including phenoxy) is 1. The molecule has 1 N–H and O–H groups in total. The number of rotatable bonds is 7. The normalized spacial score (nSPS) is 10.5. The van der Waals surface area contributed by atoms with Gasteiger partial charge in [-0.05, 0) is 36.8 Å². The maximum Gasteiger partial charge on any atom is 0.230 e. The third-order valence-corrected chi connectivity index (χ3v) is 4.72. The van der Waals surface area contributed by atoms with E-state index < -0.39 is 0 Å². The molecule has 2 aromatic carbocycles. The molecular weight excluding hydrogens is 348 g/mol.